The van der Waals surface area contributed by atoms with Gasteiger partial charge in [0.2, 0.25) is 0 Å². The number of ether oxygens (including phenoxy) is 1. The average Bonchev–Trinajstić information content (AvgIpc) is 3.31. The van der Waals surface area contributed by atoms with Crippen LogP contribution in [0, 0.1) is 5.92 Å². The van der Waals surface area contributed by atoms with Gasteiger partial charge in [0, 0.05) is 25.7 Å². The maximum Gasteiger partial charge on any atom is 0.317 e. The predicted octanol–water partition coefficient (Wildman–Crippen LogP) is 2.00. The van der Waals surface area contributed by atoms with Crippen molar-refractivity contribution in [2.24, 2.45) is 5.92 Å². The van der Waals surface area contributed by atoms with Gasteiger partial charge in [-0.3, -0.25) is 0 Å². The Balaban J connectivity index is 1.82. The molecular weight excluding hydrogens is 268 g/mol. The summed E-state index contributed by atoms with van der Waals surface area (Å²) in [6.07, 6.45) is 1.73. The lowest BCUT2D eigenvalue weighted by molar-refractivity contribution is 0.113. The lowest BCUT2D eigenvalue weighted by atomic mass is 10.2. The molecule has 1 aliphatic rings. The maximum absolute atomic E-state index is 12.0. The molecule has 0 aromatic heterocycles. The Labute approximate surface area is 125 Å². The number of carbonyl (C=O) groups excluding carboxylic acids is 1. The minimum atomic E-state index is -0.406. The van der Waals surface area contributed by atoms with Crippen molar-refractivity contribution in [2.75, 3.05) is 20.2 Å². The first-order valence-electron chi connectivity index (χ1n) is 7.49. The number of carbonyl (C=O) groups is 1. The van der Waals surface area contributed by atoms with Crippen LogP contribution in [-0.2, 0) is 6.54 Å². The standard InChI is InChI=1S/C16H24N2O3/c1-3-21-15-7-5-4-6-13(15)10-17-16(20)18(2)11-14(19)12-8-9-12/h4-7,12,14,19H,3,8-11H2,1-2H3,(H,17,20). The van der Waals surface area contributed by atoms with Gasteiger partial charge in [0.05, 0.1) is 12.7 Å². The second-order valence-corrected chi connectivity index (χ2v) is 5.48. The van der Waals surface area contributed by atoms with Crippen molar-refractivity contribution in [1.82, 2.24) is 10.2 Å². The van der Waals surface area contributed by atoms with E-state index in [1.54, 1.807) is 7.05 Å². The zero-order valence-corrected chi connectivity index (χ0v) is 12.7. The summed E-state index contributed by atoms with van der Waals surface area (Å²) in [6.45, 7) is 3.32. The van der Waals surface area contributed by atoms with Crippen LogP contribution in [0.5, 0.6) is 5.75 Å². The van der Waals surface area contributed by atoms with E-state index >= 15 is 0 Å². The predicted molar refractivity (Wildman–Crippen MR) is 81.2 cm³/mol. The molecule has 116 valence electrons. The molecular formula is C16H24N2O3. The maximum atomic E-state index is 12.0. The van der Waals surface area contributed by atoms with Gasteiger partial charge in [0.25, 0.3) is 0 Å². The molecule has 0 spiro atoms. The largest absolute Gasteiger partial charge is 0.494 e. The van der Waals surface area contributed by atoms with Crippen LogP contribution in [0.15, 0.2) is 24.3 Å². The molecule has 1 aromatic carbocycles. The zero-order valence-electron chi connectivity index (χ0n) is 12.7. The van der Waals surface area contributed by atoms with E-state index in [1.165, 1.54) is 4.90 Å². The molecule has 2 N–H and O–H groups in total. The summed E-state index contributed by atoms with van der Waals surface area (Å²) in [5, 5.41) is 12.7. The van der Waals surface area contributed by atoms with E-state index in [4.69, 9.17) is 4.74 Å². The Morgan fingerprint density at radius 3 is 2.86 bits per heavy atom. The first-order chi connectivity index (χ1) is 10.1. The number of nitrogens with zero attached hydrogens (tertiary/aromatic N) is 1. The number of urea groups is 1. The zero-order chi connectivity index (χ0) is 15.2. The number of nitrogens with one attached hydrogen (secondary N) is 1. The highest BCUT2D eigenvalue weighted by Gasteiger charge is 2.31. The number of benzene rings is 1. The molecule has 5 heteroatoms. The van der Waals surface area contributed by atoms with E-state index < -0.39 is 6.10 Å². The van der Waals surface area contributed by atoms with Gasteiger partial charge in [0.1, 0.15) is 5.75 Å². The fraction of sp³-hybridized carbons (Fsp3) is 0.562. The van der Waals surface area contributed by atoms with Gasteiger partial charge >= 0.3 is 6.03 Å². The third kappa shape index (κ3) is 4.63. The first-order valence-corrected chi connectivity index (χ1v) is 7.49. The fourth-order valence-electron chi connectivity index (χ4n) is 2.25. The number of rotatable bonds is 7. The molecule has 1 aromatic rings. The average molecular weight is 292 g/mol. The number of hydrogen-bond donors (Lipinski definition) is 2. The Hall–Kier alpha value is -1.75. The third-order valence-electron chi connectivity index (χ3n) is 3.68. The van der Waals surface area contributed by atoms with Crippen LogP contribution in [0.25, 0.3) is 0 Å². The summed E-state index contributed by atoms with van der Waals surface area (Å²) in [7, 11) is 1.70. The number of aliphatic hydroxyl groups is 1. The van der Waals surface area contributed by atoms with Crippen molar-refractivity contribution >= 4 is 6.03 Å². The molecule has 2 amide bonds. The molecule has 2 rings (SSSR count). The van der Waals surface area contributed by atoms with Gasteiger partial charge in [-0.2, -0.15) is 0 Å². The van der Waals surface area contributed by atoms with E-state index in [0.717, 1.165) is 24.2 Å². The first kappa shape index (κ1) is 15.6. The molecule has 0 bridgehead atoms. The van der Waals surface area contributed by atoms with Crippen LogP contribution in [0.4, 0.5) is 4.79 Å². The molecule has 0 saturated heterocycles. The highest BCUT2D eigenvalue weighted by Crippen LogP contribution is 2.32. The summed E-state index contributed by atoms with van der Waals surface area (Å²) in [5.74, 6) is 1.17. The third-order valence-corrected chi connectivity index (χ3v) is 3.68. The molecule has 21 heavy (non-hydrogen) atoms. The van der Waals surface area contributed by atoms with Crippen LogP contribution in [0.1, 0.15) is 25.3 Å². The van der Waals surface area contributed by atoms with Gasteiger partial charge in [0.15, 0.2) is 0 Å². The minimum absolute atomic E-state index is 0.180. The van der Waals surface area contributed by atoms with E-state index in [1.807, 2.05) is 31.2 Å². The number of para-hydroxylation sites is 1. The lowest BCUT2D eigenvalue weighted by Crippen LogP contribution is -2.41. The molecule has 1 saturated carbocycles. The molecule has 0 heterocycles. The van der Waals surface area contributed by atoms with Gasteiger partial charge in [-0.05, 0) is 31.7 Å². The quantitative estimate of drug-likeness (QED) is 0.808. The van der Waals surface area contributed by atoms with Gasteiger partial charge in [-0.25, -0.2) is 4.79 Å². The van der Waals surface area contributed by atoms with Crippen molar-refractivity contribution in [3.05, 3.63) is 29.8 Å². The highest BCUT2D eigenvalue weighted by atomic mass is 16.5. The summed E-state index contributed by atoms with van der Waals surface area (Å²) >= 11 is 0. The Kier molecular flexibility index (Phi) is 5.44. The van der Waals surface area contributed by atoms with Crippen LogP contribution in [0.3, 0.4) is 0 Å². The van der Waals surface area contributed by atoms with Crippen molar-refractivity contribution in [3.8, 4) is 5.75 Å². The fourth-order valence-corrected chi connectivity index (χ4v) is 2.25. The van der Waals surface area contributed by atoms with E-state index in [-0.39, 0.29) is 6.03 Å². The number of likely N-dealkylation sites (N-methyl/N-ethyl adjacent to an activating group) is 1. The molecule has 1 unspecified atom stereocenters. The Bertz CT molecular complexity index is 474. The van der Waals surface area contributed by atoms with Crippen molar-refractivity contribution < 1.29 is 14.6 Å². The summed E-state index contributed by atoms with van der Waals surface area (Å²) < 4.78 is 5.53. The second kappa shape index (κ2) is 7.31. The molecule has 1 aliphatic carbocycles. The van der Waals surface area contributed by atoms with Crippen LogP contribution in [-0.4, -0.2) is 42.3 Å². The van der Waals surface area contributed by atoms with E-state index in [9.17, 15) is 9.90 Å². The molecule has 1 fully saturated rings. The molecule has 0 aliphatic heterocycles. The van der Waals surface area contributed by atoms with Crippen molar-refractivity contribution in [2.45, 2.75) is 32.4 Å². The Morgan fingerprint density at radius 2 is 2.19 bits per heavy atom. The summed E-state index contributed by atoms with van der Waals surface area (Å²) in [5.41, 5.74) is 0.948. The topological polar surface area (TPSA) is 61.8 Å². The van der Waals surface area contributed by atoms with Crippen molar-refractivity contribution in [3.63, 3.8) is 0 Å². The minimum Gasteiger partial charge on any atom is -0.494 e. The molecule has 5 nitrogen and oxygen atoms in total. The van der Waals surface area contributed by atoms with Crippen LogP contribution >= 0.6 is 0 Å². The monoisotopic (exact) mass is 292 g/mol. The summed E-state index contributed by atoms with van der Waals surface area (Å²) in [4.78, 5) is 13.6. The second-order valence-electron chi connectivity index (χ2n) is 5.48. The van der Waals surface area contributed by atoms with Gasteiger partial charge in [-0.15, -0.1) is 0 Å². The van der Waals surface area contributed by atoms with Gasteiger partial charge < -0.3 is 20.1 Å². The van der Waals surface area contributed by atoms with Gasteiger partial charge in [-0.1, -0.05) is 18.2 Å². The van der Waals surface area contributed by atoms with Crippen molar-refractivity contribution in [1.29, 1.82) is 0 Å². The number of hydrogen-bond acceptors (Lipinski definition) is 3. The number of amides is 2. The van der Waals surface area contributed by atoms with E-state index in [0.29, 0.717) is 25.6 Å². The van der Waals surface area contributed by atoms with E-state index in [2.05, 4.69) is 5.32 Å². The smallest absolute Gasteiger partial charge is 0.317 e. The molecule has 0 radical (unpaired) electrons. The Morgan fingerprint density at radius 1 is 1.48 bits per heavy atom. The SMILES string of the molecule is CCOc1ccccc1CNC(=O)N(C)CC(O)C1CC1. The molecule has 1 atom stereocenters. The lowest BCUT2D eigenvalue weighted by Gasteiger charge is -2.21. The van der Waals surface area contributed by atoms with Crippen LogP contribution in [0.2, 0.25) is 0 Å². The highest BCUT2D eigenvalue weighted by molar-refractivity contribution is 5.74. The number of aliphatic hydroxyl groups excluding tert-OH is 1. The summed E-state index contributed by atoms with van der Waals surface area (Å²) in [6, 6.07) is 7.48. The van der Waals surface area contributed by atoms with Crippen LogP contribution < -0.4 is 10.1 Å². The normalized spacial score (nSPS) is 15.4.